The van der Waals surface area contributed by atoms with Crippen molar-refractivity contribution < 1.29 is 19.4 Å². The van der Waals surface area contributed by atoms with E-state index in [0.29, 0.717) is 17.2 Å². The number of aromatic nitrogens is 2. The summed E-state index contributed by atoms with van der Waals surface area (Å²) in [4.78, 5) is 33.7. The van der Waals surface area contributed by atoms with E-state index >= 15 is 0 Å². The Morgan fingerprint density at radius 1 is 1.23 bits per heavy atom. The summed E-state index contributed by atoms with van der Waals surface area (Å²) < 4.78 is 10.7. The summed E-state index contributed by atoms with van der Waals surface area (Å²) in [6.45, 7) is 4.38. The number of rotatable bonds is 7. The third-order valence-corrected chi connectivity index (χ3v) is 5.09. The molecule has 0 aliphatic heterocycles. The van der Waals surface area contributed by atoms with Crippen molar-refractivity contribution in [2.24, 2.45) is 4.99 Å². The van der Waals surface area contributed by atoms with E-state index in [1.165, 1.54) is 17.6 Å². The van der Waals surface area contributed by atoms with Crippen LogP contribution < -0.4 is 10.3 Å². The Labute approximate surface area is 180 Å². The molecule has 2 aromatic heterocycles. The number of carbonyl (C=O) groups excluding carboxylic acids is 1. The van der Waals surface area contributed by atoms with Crippen LogP contribution in [0.4, 0.5) is 5.00 Å². The van der Waals surface area contributed by atoms with Gasteiger partial charge in [0.15, 0.2) is 4.77 Å². The second-order valence-electron chi connectivity index (χ2n) is 5.94. The summed E-state index contributed by atoms with van der Waals surface area (Å²) in [5, 5.41) is 12.1. The summed E-state index contributed by atoms with van der Waals surface area (Å²) in [5.74, 6) is -0.211. The number of nitrogens with zero attached hydrogens (tertiary/aromatic N) is 1. The van der Waals surface area contributed by atoms with Crippen LogP contribution in [0.3, 0.4) is 0 Å². The van der Waals surface area contributed by atoms with Gasteiger partial charge in [0.05, 0.1) is 13.2 Å². The number of nitrogens with one attached hydrogen (secondary N) is 2. The van der Waals surface area contributed by atoms with Crippen LogP contribution in [-0.4, -0.2) is 40.5 Å². The Hall–Kier alpha value is -3.24. The molecule has 0 saturated carbocycles. The van der Waals surface area contributed by atoms with Crippen LogP contribution in [0.25, 0.3) is 11.1 Å². The van der Waals surface area contributed by atoms with E-state index in [1.807, 2.05) is 31.2 Å². The standard InChI is InChI=1S/C20H19N3O5S2/c1-3-27-12-7-5-11(6-8-12)14-10-30-18(15(14)19(26)28-4-2)21-9-13-16(24)22-20(29)23-17(13)25/h5-10H,3-4H2,1-2H3,(H3,22,23,24,25,29)/b21-9+. The predicted molar refractivity (Wildman–Crippen MR) is 118 cm³/mol. The zero-order valence-corrected chi connectivity index (χ0v) is 17.9. The zero-order valence-electron chi connectivity index (χ0n) is 16.2. The van der Waals surface area contributed by atoms with Gasteiger partial charge in [0.1, 0.15) is 21.9 Å². The fraction of sp³-hybridized carbons (Fsp3) is 0.200. The number of hydrogen-bond donors (Lipinski definition) is 3. The van der Waals surface area contributed by atoms with Crippen LogP contribution in [0, 0.1) is 4.77 Å². The third-order valence-electron chi connectivity index (χ3n) is 4.00. The number of benzene rings is 1. The van der Waals surface area contributed by atoms with Gasteiger partial charge in [0.2, 0.25) is 5.88 Å². The molecule has 0 bridgehead atoms. The third kappa shape index (κ3) is 4.66. The van der Waals surface area contributed by atoms with E-state index in [2.05, 4.69) is 15.0 Å². The topological polar surface area (TPSA) is 117 Å². The van der Waals surface area contributed by atoms with Crippen LogP contribution in [0.5, 0.6) is 11.6 Å². The predicted octanol–water partition coefficient (Wildman–Crippen LogP) is 4.19. The highest BCUT2D eigenvalue weighted by Gasteiger charge is 2.21. The molecule has 3 rings (SSSR count). The molecule has 0 unspecified atom stereocenters. The summed E-state index contributed by atoms with van der Waals surface area (Å²) in [5.41, 5.74) is 1.03. The molecule has 0 atom stereocenters. The van der Waals surface area contributed by atoms with E-state index in [0.717, 1.165) is 11.3 Å². The molecule has 3 aromatic rings. The van der Waals surface area contributed by atoms with Crippen molar-refractivity contribution in [3.63, 3.8) is 0 Å². The van der Waals surface area contributed by atoms with Gasteiger partial charge >= 0.3 is 5.97 Å². The smallest absolute Gasteiger partial charge is 0.341 e. The minimum absolute atomic E-state index is 0.00391. The number of aliphatic imine (C=N–C) groups is 1. The molecule has 3 N–H and O–H groups in total. The van der Waals surface area contributed by atoms with Gasteiger partial charge < -0.3 is 19.6 Å². The fourth-order valence-electron chi connectivity index (χ4n) is 2.68. The van der Waals surface area contributed by atoms with Crippen LogP contribution in [0.2, 0.25) is 0 Å². The minimum atomic E-state index is -0.596. The van der Waals surface area contributed by atoms with Gasteiger partial charge in [-0.2, -0.15) is 0 Å². The maximum Gasteiger partial charge on any atom is 0.341 e. The molecule has 1 aromatic carbocycles. The maximum absolute atomic E-state index is 12.6. The SMILES string of the molecule is CCOC(=O)c1c(-c2ccc(OCC)cc2)csc1/N=C/c1c(O)[nH]c(=S)[nH]c1=O. The van der Waals surface area contributed by atoms with Crippen molar-refractivity contribution in [2.75, 3.05) is 13.2 Å². The number of aromatic amines is 2. The van der Waals surface area contributed by atoms with Crippen LogP contribution >= 0.6 is 23.6 Å². The van der Waals surface area contributed by atoms with Gasteiger partial charge in [-0.15, -0.1) is 11.3 Å². The van der Waals surface area contributed by atoms with Gasteiger partial charge in [0, 0.05) is 17.2 Å². The van der Waals surface area contributed by atoms with Crippen molar-refractivity contribution in [2.45, 2.75) is 13.8 Å². The Morgan fingerprint density at radius 2 is 1.97 bits per heavy atom. The van der Waals surface area contributed by atoms with E-state index in [-0.39, 0.29) is 22.5 Å². The average molecular weight is 446 g/mol. The first-order valence-corrected chi connectivity index (χ1v) is 10.3. The normalized spacial score (nSPS) is 11.0. The van der Waals surface area contributed by atoms with Gasteiger partial charge in [-0.3, -0.25) is 9.78 Å². The fourth-order valence-corrected chi connectivity index (χ4v) is 3.78. The Kier molecular flexibility index (Phi) is 6.80. The quantitative estimate of drug-likeness (QED) is 0.285. The molecule has 0 amide bonds. The highest BCUT2D eigenvalue weighted by atomic mass is 32.1. The first-order valence-electron chi connectivity index (χ1n) is 9.06. The second-order valence-corrected chi connectivity index (χ2v) is 7.20. The molecule has 8 nitrogen and oxygen atoms in total. The summed E-state index contributed by atoms with van der Waals surface area (Å²) in [7, 11) is 0. The summed E-state index contributed by atoms with van der Waals surface area (Å²) >= 11 is 6.03. The molecule has 30 heavy (non-hydrogen) atoms. The Bertz CT molecular complexity index is 1190. The molecule has 0 aliphatic carbocycles. The Morgan fingerprint density at radius 3 is 2.60 bits per heavy atom. The molecule has 156 valence electrons. The zero-order chi connectivity index (χ0) is 21.7. The van der Waals surface area contributed by atoms with E-state index < -0.39 is 17.4 Å². The maximum atomic E-state index is 12.6. The number of H-pyrrole nitrogens is 2. The van der Waals surface area contributed by atoms with Gasteiger partial charge in [-0.25, -0.2) is 9.79 Å². The monoisotopic (exact) mass is 445 g/mol. The summed E-state index contributed by atoms with van der Waals surface area (Å²) in [6.07, 6.45) is 1.18. The lowest BCUT2D eigenvalue weighted by molar-refractivity contribution is 0.0529. The molecule has 10 heteroatoms. The largest absolute Gasteiger partial charge is 0.494 e. The first kappa shape index (κ1) is 21.5. The highest BCUT2D eigenvalue weighted by molar-refractivity contribution is 7.71. The lowest BCUT2D eigenvalue weighted by Crippen LogP contribution is -2.13. The number of thiophene rings is 1. The molecule has 0 aliphatic rings. The van der Waals surface area contributed by atoms with Crippen molar-refractivity contribution in [1.82, 2.24) is 9.97 Å². The number of esters is 1. The molecular weight excluding hydrogens is 426 g/mol. The van der Waals surface area contributed by atoms with Crippen molar-refractivity contribution in [3.05, 3.63) is 55.9 Å². The summed E-state index contributed by atoms with van der Waals surface area (Å²) in [6, 6.07) is 7.32. The molecule has 0 fully saturated rings. The van der Waals surface area contributed by atoms with Crippen molar-refractivity contribution >= 4 is 40.7 Å². The van der Waals surface area contributed by atoms with E-state index in [1.54, 1.807) is 12.3 Å². The van der Waals surface area contributed by atoms with Gasteiger partial charge in [-0.1, -0.05) is 12.1 Å². The molecular formula is C20H19N3O5S2. The van der Waals surface area contributed by atoms with Crippen LogP contribution in [0.1, 0.15) is 29.8 Å². The number of aromatic hydroxyl groups is 1. The number of carbonyl (C=O) groups is 1. The average Bonchev–Trinajstić information content (AvgIpc) is 3.12. The molecule has 0 spiro atoms. The second kappa shape index (κ2) is 9.51. The number of hydrogen-bond acceptors (Lipinski definition) is 8. The van der Waals surface area contributed by atoms with Crippen LogP contribution in [0.15, 0.2) is 39.4 Å². The first-order chi connectivity index (χ1) is 14.4. The van der Waals surface area contributed by atoms with Crippen molar-refractivity contribution in [1.29, 1.82) is 0 Å². The highest BCUT2D eigenvalue weighted by Crippen LogP contribution is 2.38. The minimum Gasteiger partial charge on any atom is -0.494 e. The lowest BCUT2D eigenvalue weighted by atomic mass is 10.0. The lowest BCUT2D eigenvalue weighted by Gasteiger charge is -2.07. The van der Waals surface area contributed by atoms with Gasteiger partial charge in [-0.05, 0) is 43.8 Å². The van der Waals surface area contributed by atoms with Crippen LogP contribution in [-0.2, 0) is 4.74 Å². The molecule has 0 saturated heterocycles. The molecule has 0 radical (unpaired) electrons. The van der Waals surface area contributed by atoms with Crippen molar-refractivity contribution in [3.8, 4) is 22.8 Å². The van der Waals surface area contributed by atoms with E-state index in [4.69, 9.17) is 21.7 Å². The van der Waals surface area contributed by atoms with Gasteiger partial charge in [0.25, 0.3) is 5.56 Å². The van der Waals surface area contributed by atoms with E-state index in [9.17, 15) is 14.7 Å². The Balaban J connectivity index is 2.04. The molecule has 2 heterocycles. The number of ether oxygens (including phenoxy) is 2.